The van der Waals surface area contributed by atoms with Crippen LogP contribution in [0.25, 0.3) is 0 Å². The van der Waals surface area contributed by atoms with Crippen LogP contribution in [-0.4, -0.2) is 45.3 Å². The second-order valence-corrected chi connectivity index (χ2v) is 5.33. The van der Waals surface area contributed by atoms with Crippen LogP contribution in [0.4, 0.5) is 0 Å². The first kappa shape index (κ1) is 11.2. The Hall–Kier alpha value is -0.940. The molecular formula is C12H21N5. The van der Waals surface area contributed by atoms with Gasteiger partial charge in [-0.15, -0.1) is 10.2 Å². The van der Waals surface area contributed by atoms with Gasteiger partial charge >= 0.3 is 0 Å². The lowest BCUT2D eigenvalue weighted by Crippen LogP contribution is -2.49. The van der Waals surface area contributed by atoms with Crippen LogP contribution in [0.2, 0.25) is 0 Å². The van der Waals surface area contributed by atoms with Gasteiger partial charge < -0.3 is 9.88 Å². The zero-order valence-corrected chi connectivity index (χ0v) is 10.7. The smallest absolute Gasteiger partial charge is 0.146 e. The normalized spacial score (nSPS) is 26.4. The molecule has 0 aromatic carbocycles. The Morgan fingerprint density at radius 2 is 2.18 bits per heavy atom. The van der Waals surface area contributed by atoms with E-state index in [9.17, 15) is 0 Å². The summed E-state index contributed by atoms with van der Waals surface area (Å²) in [7, 11) is 2.11. The molecule has 0 radical (unpaired) electrons. The highest BCUT2D eigenvalue weighted by molar-refractivity contribution is 5.07. The second kappa shape index (κ2) is 4.38. The number of nitrogens with zero attached hydrogens (tertiary/aromatic N) is 4. The van der Waals surface area contributed by atoms with Crippen molar-refractivity contribution in [3.05, 3.63) is 11.6 Å². The maximum absolute atomic E-state index is 4.36. The Kier molecular flexibility index (Phi) is 2.88. The van der Waals surface area contributed by atoms with Gasteiger partial charge in [0.25, 0.3) is 0 Å². The summed E-state index contributed by atoms with van der Waals surface area (Å²) >= 11 is 0. The Balaban J connectivity index is 1.71. The van der Waals surface area contributed by atoms with E-state index in [1.54, 1.807) is 0 Å². The van der Waals surface area contributed by atoms with Crippen molar-refractivity contribution in [3.63, 3.8) is 0 Å². The summed E-state index contributed by atoms with van der Waals surface area (Å²) < 4.78 is 2.20. The lowest BCUT2D eigenvalue weighted by atomic mass is 10.2. The third-order valence-corrected chi connectivity index (χ3v) is 3.92. The van der Waals surface area contributed by atoms with Crippen LogP contribution in [0.15, 0.2) is 0 Å². The highest BCUT2D eigenvalue weighted by atomic mass is 15.3. The first-order valence-electron chi connectivity index (χ1n) is 6.58. The van der Waals surface area contributed by atoms with Gasteiger partial charge in [0.1, 0.15) is 11.6 Å². The molecule has 1 aromatic heterocycles. The van der Waals surface area contributed by atoms with Crippen LogP contribution in [0.5, 0.6) is 0 Å². The maximum atomic E-state index is 4.36. The van der Waals surface area contributed by atoms with Crippen molar-refractivity contribution in [3.8, 4) is 0 Å². The second-order valence-electron chi connectivity index (χ2n) is 5.33. The molecule has 0 amide bonds. The van der Waals surface area contributed by atoms with Crippen LogP contribution in [0.3, 0.4) is 0 Å². The summed E-state index contributed by atoms with van der Waals surface area (Å²) in [6, 6.07) is 0.588. The number of nitrogens with one attached hydrogen (secondary N) is 1. The molecule has 1 aliphatic heterocycles. The molecule has 0 bridgehead atoms. The van der Waals surface area contributed by atoms with Crippen LogP contribution in [-0.2, 0) is 13.6 Å². The van der Waals surface area contributed by atoms with Gasteiger partial charge in [-0.25, -0.2) is 0 Å². The average Bonchev–Trinajstić information content (AvgIpc) is 3.09. The van der Waals surface area contributed by atoms with Gasteiger partial charge in [0.05, 0.1) is 6.54 Å². The molecule has 3 rings (SSSR count). The van der Waals surface area contributed by atoms with Crippen LogP contribution in [0, 0.1) is 0 Å². The highest BCUT2D eigenvalue weighted by Gasteiger charge is 2.29. The van der Waals surface area contributed by atoms with E-state index in [2.05, 4.69) is 39.0 Å². The van der Waals surface area contributed by atoms with E-state index in [0.29, 0.717) is 12.0 Å². The number of hydrogen-bond donors (Lipinski definition) is 1. The monoisotopic (exact) mass is 235 g/mol. The Labute approximate surface area is 102 Å². The van der Waals surface area contributed by atoms with Crippen molar-refractivity contribution in [2.45, 2.75) is 38.3 Å². The minimum absolute atomic E-state index is 0.588. The van der Waals surface area contributed by atoms with E-state index in [-0.39, 0.29) is 0 Å². The predicted octanol–water partition coefficient (Wildman–Crippen LogP) is 0.486. The van der Waals surface area contributed by atoms with Gasteiger partial charge in [-0.05, 0) is 19.8 Å². The third kappa shape index (κ3) is 2.21. The Bertz CT molecular complexity index is 396. The SMILES string of the molecule is C[C@H]1CNCCN1Cc1nnc(C2CC2)n1C. The molecule has 17 heavy (non-hydrogen) atoms. The zero-order valence-electron chi connectivity index (χ0n) is 10.7. The number of aromatic nitrogens is 3. The number of hydrogen-bond acceptors (Lipinski definition) is 4. The summed E-state index contributed by atoms with van der Waals surface area (Å²) in [4.78, 5) is 2.48. The number of rotatable bonds is 3. The maximum Gasteiger partial charge on any atom is 0.146 e. The van der Waals surface area contributed by atoms with Crippen LogP contribution < -0.4 is 5.32 Å². The summed E-state index contributed by atoms with van der Waals surface area (Å²) in [6.45, 7) is 6.46. The van der Waals surface area contributed by atoms with Crippen LogP contribution in [0.1, 0.15) is 37.3 Å². The van der Waals surface area contributed by atoms with Crippen molar-refractivity contribution >= 4 is 0 Å². The first-order chi connectivity index (χ1) is 8.25. The molecule has 0 spiro atoms. The minimum atomic E-state index is 0.588. The van der Waals surface area contributed by atoms with Crippen molar-refractivity contribution in [2.24, 2.45) is 7.05 Å². The van der Waals surface area contributed by atoms with E-state index in [1.165, 1.54) is 18.7 Å². The molecule has 2 heterocycles. The fourth-order valence-corrected chi connectivity index (χ4v) is 2.51. The molecule has 0 unspecified atom stereocenters. The van der Waals surface area contributed by atoms with Gasteiger partial charge in [0.15, 0.2) is 0 Å². The molecule has 1 aliphatic carbocycles. The lowest BCUT2D eigenvalue weighted by Gasteiger charge is -2.33. The number of piperazine rings is 1. The molecule has 1 saturated heterocycles. The average molecular weight is 235 g/mol. The fourth-order valence-electron chi connectivity index (χ4n) is 2.51. The van der Waals surface area contributed by atoms with E-state index in [1.807, 2.05) is 0 Å². The van der Waals surface area contributed by atoms with Crippen molar-refractivity contribution in [2.75, 3.05) is 19.6 Å². The Morgan fingerprint density at radius 1 is 1.35 bits per heavy atom. The molecule has 2 fully saturated rings. The predicted molar refractivity (Wildman–Crippen MR) is 65.7 cm³/mol. The molecule has 2 aliphatic rings. The molecule has 1 saturated carbocycles. The molecule has 1 N–H and O–H groups in total. The van der Waals surface area contributed by atoms with Gasteiger partial charge in [0, 0.05) is 38.6 Å². The summed E-state index contributed by atoms with van der Waals surface area (Å²) in [6.07, 6.45) is 2.58. The minimum Gasteiger partial charge on any atom is -0.317 e. The van der Waals surface area contributed by atoms with Gasteiger partial charge in [0.2, 0.25) is 0 Å². The van der Waals surface area contributed by atoms with Crippen LogP contribution >= 0.6 is 0 Å². The largest absolute Gasteiger partial charge is 0.317 e. The molecule has 1 atom stereocenters. The first-order valence-corrected chi connectivity index (χ1v) is 6.58. The fraction of sp³-hybridized carbons (Fsp3) is 0.833. The summed E-state index contributed by atoms with van der Waals surface area (Å²) in [5.41, 5.74) is 0. The molecule has 1 aromatic rings. The lowest BCUT2D eigenvalue weighted by molar-refractivity contribution is 0.160. The van der Waals surface area contributed by atoms with Gasteiger partial charge in [-0.2, -0.15) is 0 Å². The van der Waals surface area contributed by atoms with E-state index < -0.39 is 0 Å². The topological polar surface area (TPSA) is 46.0 Å². The van der Waals surface area contributed by atoms with Crippen molar-refractivity contribution in [1.29, 1.82) is 0 Å². The van der Waals surface area contributed by atoms with E-state index in [0.717, 1.165) is 32.0 Å². The zero-order chi connectivity index (χ0) is 11.8. The highest BCUT2D eigenvalue weighted by Crippen LogP contribution is 2.38. The Morgan fingerprint density at radius 3 is 2.88 bits per heavy atom. The molecule has 5 heteroatoms. The molecule has 5 nitrogen and oxygen atoms in total. The van der Waals surface area contributed by atoms with Crippen molar-refractivity contribution < 1.29 is 0 Å². The third-order valence-electron chi connectivity index (χ3n) is 3.92. The standard InChI is InChI=1S/C12H21N5/c1-9-7-13-5-6-17(9)8-11-14-15-12(16(11)2)10-3-4-10/h9-10,13H,3-8H2,1-2H3/t9-/m0/s1. The van der Waals surface area contributed by atoms with E-state index in [4.69, 9.17) is 0 Å². The summed E-state index contributed by atoms with van der Waals surface area (Å²) in [5.74, 6) is 2.98. The van der Waals surface area contributed by atoms with Gasteiger partial charge in [-0.1, -0.05) is 0 Å². The molecular weight excluding hydrogens is 214 g/mol. The quantitative estimate of drug-likeness (QED) is 0.828. The van der Waals surface area contributed by atoms with E-state index >= 15 is 0 Å². The van der Waals surface area contributed by atoms with Gasteiger partial charge in [-0.3, -0.25) is 4.90 Å². The summed E-state index contributed by atoms with van der Waals surface area (Å²) in [5, 5.41) is 12.1. The molecule has 94 valence electrons. The van der Waals surface area contributed by atoms with Crippen molar-refractivity contribution in [1.82, 2.24) is 25.0 Å².